The van der Waals surface area contributed by atoms with Crippen molar-refractivity contribution in [2.75, 3.05) is 0 Å². The molecule has 0 aromatic carbocycles. The summed E-state index contributed by atoms with van der Waals surface area (Å²) in [5.74, 6) is 0.373. The average Bonchev–Trinajstić information content (AvgIpc) is 2.26. The van der Waals surface area contributed by atoms with Gasteiger partial charge in [-0.1, -0.05) is 26.7 Å². The molecule has 0 fully saturated rings. The molecule has 0 radical (unpaired) electrons. The molecule has 1 aromatic heterocycles. The highest BCUT2D eigenvalue weighted by molar-refractivity contribution is 5.97. The summed E-state index contributed by atoms with van der Waals surface area (Å²) in [7, 11) is 0. The number of hydrogen-bond donors (Lipinski definition) is 0. The molecule has 0 aliphatic rings. The van der Waals surface area contributed by atoms with Crippen molar-refractivity contribution >= 4 is 5.78 Å². The lowest BCUT2D eigenvalue weighted by molar-refractivity contribution is 0.0922. The fourth-order valence-corrected chi connectivity index (χ4v) is 1.44. The van der Waals surface area contributed by atoms with Gasteiger partial charge in [0.05, 0.1) is 0 Å². The number of pyridine rings is 1. The van der Waals surface area contributed by atoms with Gasteiger partial charge in [0.2, 0.25) is 0 Å². The Bertz CT molecular complexity index is 282. The van der Waals surface area contributed by atoms with Crippen molar-refractivity contribution in [3.63, 3.8) is 0 Å². The molecule has 14 heavy (non-hydrogen) atoms. The number of carbonyl (C=O) groups excluding carboxylic acids is 1. The second-order valence-electron chi connectivity index (χ2n) is 3.64. The average molecular weight is 191 g/mol. The summed E-state index contributed by atoms with van der Waals surface area (Å²) in [5.41, 5.74) is 0.781. The quantitative estimate of drug-likeness (QED) is 0.669. The highest BCUT2D eigenvalue weighted by atomic mass is 16.1. The van der Waals surface area contributed by atoms with E-state index in [2.05, 4.69) is 11.9 Å². The number of unbranched alkanes of at least 4 members (excludes halogenated alkanes) is 1. The Morgan fingerprint density at radius 1 is 1.43 bits per heavy atom. The van der Waals surface area contributed by atoms with Crippen LogP contribution in [0.5, 0.6) is 0 Å². The first-order chi connectivity index (χ1) is 6.75. The van der Waals surface area contributed by atoms with Gasteiger partial charge in [-0.15, -0.1) is 0 Å². The van der Waals surface area contributed by atoms with Gasteiger partial charge in [-0.05, 0) is 18.6 Å². The minimum absolute atomic E-state index is 0.136. The predicted octanol–water partition coefficient (Wildman–Crippen LogP) is 3.09. The van der Waals surface area contributed by atoms with E-state index in [9.17, 15) is 4.79 Å². The van der Waals surface area contributed by atoms with Crippen LogP contribution in [0.1, 0.15) is 43.5 Å². The molecule has 0 saturated heterocycles. The first-order valence-electron chi connectivity index (χ1n) is 5.20. The summed E-state index contributed by atoms with van der Waals surface area (Å²) in [6.07, 6.45) is 6.59. The van der Waals surface area contributed by atoms with E-state index in [0.29, 0.717) is 0 Å². The van der Waals surface area contributed by atoms with Crippen molar-refractivity contribution in [3.8, 4) is 0 Å². The van der Waals surface area contributed by atoms with Crippen molar-refractivity contribution in [3.05, 3.63) is 30.1 Å². The Kier molecular flexibility index (Phi) is 4.30. The van der Waals surface area contributed by atoms with E-state index in [0.717, 1.165) is 24.8 Å². The van der Waals surface area contributed by atoms with Gasteiger partial charge in [-0.3, -0.25) is 9.78 Å². The standard InChI is InChI=1S/C12H17NO/c1-3-4-5-10(2)12(14)11-6-8-13-9-7-11/h6-10H,3-5H2,1-2H3. The number of ketones is 1. The van der Waals surface area contributed by atoms with Crippen molar-refractivity contribution in [2.24, 2.45) is 5.92 Å². The summed E-state index contributed by atoms with van der Waals surface area (Å²) in [6.45, 7) is 4.14. The van der Waals surface area contributed by atoms with Crippen LogP contribution < -0.4 is 0 Å². The molecule has 0 N–H and O–H groups in total. The second kappa shape index (κ2) is 5.53. The lowest BCUT2D eigenvalue weighted by Crippen LogP contribution is -2.11. The molecule has 0 spiro atoms. The molecular formula is C12H17NO. The van der Waals surface area contributed by atoms with Crippen molar-refractivity contribution in [1.29, 1.82) is 0 Å². The van der Waals surface area contributed by atoms with Crippen LogP contribution in [-0.4, -0.2) is 10.8 Å². The molecule has 0 bridgehead atoms. The maximum atomic E-state index is 11.8. The third-order valence-corrected chi connectivity index (χ3v) is 2.40. The van der Waals surface area contributed by atoms with Gasteiger partial charge in [0.15, 0.2) is 5.78 Å². The number of rotatable bonds is 5. The Balaban J connectivity index is 2.57. The van der Waals surface area contributed by atoms with Crippen LogP contribution in [0.2, 0.25) is 0 Å². The Labute approximate surface area is 85.4 Å². The molecule has 0 aliphatic carbocycles. The first-order valence-corrected chi connectivity index (χ1v) is 5.20. The summed E-state index contributed by atoms with van der Waals surface area (Å²) >= 11 is 0. The molecule has 2 heteroatoms. The minimum Gasteiger partial charge on any atom is -0.294 e. The van der Waals surface area contributed by atoms with Gasteiger partial charge in [-0.25, -0.2) is 0 Å². The van der Waals surface area contributed by atoms with E-state index in [1.165, 1.54) is 0 Å². The predicted molar refractivity (Wildman–Crippen MR) is 57.3 cm³/mol. The van der Waals surface area contributed by atoms with Crippen LogP contribution in [0, 0.1) is 5.92 Å². The van der Waals surface area contributed by atoms with E-state index in [1.54, 1.807) is 24.5 Å². The molecule has 1 aromatic rings. The summed E-state index contributed by atoms with van der Waals surface area (Å²) in [4.78, 5) is 15.7. The lowest BCUT2D eigenvalue weighted by Gasteiger charge is -2.08. The normalized spacial score (nSPS) is 12.4. The number of nitrogens with zero attached hydrogens (tertiary/aromatic N) is 1. The van der Waals surface area contributed by atoms with E-state index in [1.807, 2.05) is 6.92 Å². The second-order valence-corrected chi connectivity index (χ2v) is 3.64. The molecule has 1 heterocycles. The third-order valence-electron chi connectivity index (χ3n) is 2.40. The highest BCUT2D eigenvalue weighted by Gasteiger charge is 2.13. The fourth-order valence-electron chi connectivity index (χ4n) is 1.44. The minimum atomic E-state index is 0.136. The third kappa shape index (κ3) is 2.95. The van der Waals surface area contributed by atoms with Crippen molar-refractivity contribution in [1.82, 2.24) is 4.98 Å². The molecule has 1 rings (SSSR count). The van der Waals surface area contributed by atoms with Crippen molar-refractivity contribution in [2.45, 2.75) is 33.1 Å². The Morgan fingerprint density at radius 3 is 2.64 bits per heavy atom. The first kappa shape index (κ1) is 10.9. The van der Waals surface area contributed by atoms with Gasteiger partial charge in [0.25, 0.3) is 0 Å². The van der Waals surface area contributed by atoms with E-state index < -0.39 is 0 Å². The lowest BCUT2D eigenvalue weighted by atomic mass is 9.95. The molecular weight excluding hydrogens is 174 g/mol. The zero-order valence-corrected chi connectivity index (χ0v) is 8.86. The summed E-state index contributed by atoms with van der Waals surface area (Å²) in [6, 6.07) is 3.57. The molecule has 0 saturated carbocycles. The van der Waals surface area contributed by atoms with Crippen LogP contribution in [0.25, 0.3) is 0 Å². The molecule has 1 atom stereocenters. The highest BCUT2D eigenvalue weighted by Crippen LogP contribution is 2.13. The smallest absolute Gasteiger partial charge is 0.165 e. The summed E-state index contributed by atoms with van der Waals surface area (Å²) in [5, 5.41) is 0. The number of Topliss-reactive ketones (excluding diaryl/α,β-unsaturated/α-hetero) is 1. The zero-order chi connectivity index (χ0) is 10.4. The van der Waals surface area contributed by atoms with Crippen LogP contribution in [-0.2, 0) is 0 Å². The SMILES string of the molecule is CCCCC(C)C(=O)c1ccncc1. The largest absolute Gasteiger partial charge is 0.294 e. The van der Waals surface area contributed by atoms with Crippen LogP contribution in [0.4, 0.5) is 0 Å². The van der Waals surface area contributed by atoms with Crippen LogP contribution in [0.3, 0.4) is 0 Å². The van der Waals surface area contributed by atoms with Gasteiger partial charge in [0, 0.05) is 23.9 Å². The van der Waals surface area contributed by atoms with E-state index in [4.69, 9.17) is 0 Å². The van der Waals surface area contributed by atoms with Gasteiger partial charge in [0.1, 0.15) is 0 Å². The van der Waals surface area contributed by atoms with E-state index >= 15 is 0 Å². The Hall–Kier alpha value is -1.18. The molecule has 1 unspecified atom stereocenters. The van der Waals surface area contributed by atoms with Gasteiger partial charge < -0.3 is 0 Å². The van der Waals surface area contributed by atoms with Gasteiger partial charge >= 0.3 is 0 Å². The summed E-state index contributed by atoms with van der Waals surface area (Å²) < 4.78 is 0. The maximum Gasteiger partial charge on any atom is 0.165 e. The molecule has 0 aliphatic heterocycles. The van der Waals surface area contributed by atoms with E-state index in [-0.39, 0.29) is 11.7 Å². The molecule has 0 amide bonds. The molecule has 76 valence electrons. The maximum absolute atomic E-state index is 11.8. The number of aromatic nitrogens is 1. The molecule has 2 nitrogen and oxygen atoms in total. The fraction of sp³-hybridized carbons (Fsp3) is 0.500. The zero-order valence-electron chi connectivity index (χ0n) is 8.86. The van der Waals surface area contributed by atoms with Crippen molar-refractivity contribution < 1.29 is 4.79 Å². The number of carbonyl (C=O) groups is 1. The monoisotopic (exact) mass is 191 g/mol. The topological polar surface area (TPSA) is 30.0 Å². The van der Waals surface area contributed by atoms with Crippen LogP contribution >= 0.6 is 0 Å². The van der Waals surface area contributed by atoms with Gasteiger partial charge in [-0.2, -0.15) is 0 Å². The Morgan fingerprint density at radius 2 is 2.07 bits per heavy atom. The number of hydrogen-bond acceptors (Lipinski definition) is 2. The van der Waals surface area contributed by atoms with Crippen LogP contribution in [0.15, 0.2) is 24.5 Å².